The van der Waals surface area contributed by atoms with Crippen LogP contribution in [0, 0.1) is 6.92 Å². The van der Waals surface area contributed by atoms with Crippen LogP contribution >= 0.6 is 23.1 Å². The molecule has 2 heterocycles. The van der Waals surface area contributed by atoms with E-state index in [-0.39, 0.29) is 6.04 Å². The van der Waals surface area contributed by atoms with Gasteiger partial charge in [0.15, 0.2) is 0 Å². The summed E-state index contributed by atoms with van der Waals surface area (Å²) in [6, 6.07) is 0.0736. The summed E-state index contributed by atoms with van der Waals surface area (Å²) in [6.07, 6.45) is 3.08. The first-order valence-electron chi connectivity index (χ1n) is 7.42. The second kappa shape index (κ2) is 7.97. The number of hydrogen-bond donors (Lipinski definition) is 2. The Morgan fingerprint density at radius 1 is 1.43 bits per heavy atom. The molecule has 0 aromatic carbocycles. The third kappa shape index (κ3) is 4.69. The van der Waals surface area contributed by atoms with Crippen LogP contribution in [0.2, 0.25) is 0 Å². The van der Waals surface area contributed by atoms with Crippen molar-refractivity contribution in [3.8, 4) is 0 Å². The third-order valence-electron chi connectivity index (χ3n) is 3.45. The summed E-state index contributed by atoms with van der Waals surface area (Å²) >= 11 is 3.36. The van der Waals surface area contributed by atoms with Crippen LogP contribution in [0.4, 0.5) is 0 Å². The molecule has 4 nitrogen and oxygen atoms in total. The van der Waals surface area contributed by atoms with Gasteiger partial charge < -0.3 is 5.32 Å². The van der Waals surface area contributed by atoms with Gasteiger partial charge in [0.2, 0.25) is 10.0 Å². The van der Waals surface area contributed by atoms with Crippen LogP contribution in [-0.2, 0) is 16.6 Å². The highest BCUT2D eigenvalue weighted by Crippen LogP contribution is 2.28. The first-order chi connectivity index (χ1) is 10.0. The number of aryl methyl sites for hydroxylation is 1. The van der Waals surface area contributed by atoms with E-state index in [1.54, 1.807) is 0 Å². The first kappa shape index (κ1) is 17.3. The standard InChI is InChI=1S/C14H24N2O2S3/c1-3-6-15-8-13-14(11(2)9-20-13)21(17,18)16-12-5-4-7-19-10-12/h9,12,15-16H,3-8,10H2,1-2H3. The third-order valence-corrected chi connectivity index (χ3v) is 7.65. The predicted molar refractivity (Wildman–Crippen MR) is 91.7 cm³/mol. The Kier molecular flexibility index (Phi) is 6.55. The summed E-state index contributed by atoms with van der Waals surface area (Å²) in [6.45, 7) is 5.52. The number of sulfonamides is 1. The van der Waals surface area contributed by atoms with Crippen molar-refractivity contribution in [2.24, 2.45) is 0 Å². The van der Waals surface area contributed by atoms with Crippen LogP contribution in [0.25, 0.3) is 0 Å². The number of rotatable bonds is 7. The van der Waals surface area contributed by atoms with Crippen LogP contribution in [0.15, 0.2) is 10.3 Å². The van der Waals surface area contributed by atoms with Crippen LogP contribution in [0.1, 0.15) is 36.6 Å². The summed E-state index contributed by atoms with van der Waals surface area (Å²) in [5, 5.41) is 5.23. The fourth-order valence-corrected chi connectivity index (χ4v) is 6.69. The number of hydrogen-bond acceptors (Lipinski definition) is 5. The van der Waals surface area contributed by atoms with E-state index in [9.17, 15) is 8.42 Å². The highest BCUT2D eigenvalue weighted by molar-refractivity contribution is 7.99. The average molecular weight is 349 g/mol. The predicted octanol–water partition coefficient (Wildman–Crippen LogP) is 2.73. The van der Waals surface area contributed by atoms with Gasteiger partial charge in [-0.15, -0.1) is 11.3 Å². The lowest BCUT2D eigenvalue weighted by Crippen LogP contribution is -2.38. The molecule has 0 bridgehead atoms. The van der Waals surface area contributed by atoms with E-state index in [4.69, 9.17) is 0 Å². The van der Waals surface area contributed by atoms with Gasteiger partial charge in [0.1, 0.15) is 4.90 Å². The maximum Gasteiger partial charge on any atom is 0.242 e. The summed E-state index contributed by atoms with van der Waals surface area (Å²) in [7, 11) is -3.41. The van der Waals surface area contributed by atoms with Gasteiger partial charge in [-0.05, 0) is 49.4 Å². The fourth-order valence-electron chi connectivity index (χ4n) is 2.46. The molecule has 1 aromatic heterocycles. The van der Waals surface area contributed by atoms with Gasteiger partial charge in [0, 0.05) is 23.2 Å². The molecule has 0 spiro atoms. The van der Waals surface area contributed by atoms with E-state index in [1.165, 1.54) is 11.3 Å². The molecule has 21 heavy (non-hydrogen) atoms. The average Bonchev–Trinajstić information content (AvgIpc) is 2.82. The van der Waals surface area contributed by atoms with Crippen LogP contribution in [0.5, 0.6) is 0 Å². The van der Waals surface area contributed by atoms with E-state index in [0.717, 1.165) is 47.8 Å². The van der Waals surface area contributed by atoms with E-state index in [1.807, 2.05) is 24.1 Å². The van der Waals surface area contributed by atoms with E-state index in [2.05, 4.69) is 17.0 Å². The van der Waals surface area contributed by atoms with Gasteiger partial charge in [0.25, 0.3) is 0 Å². The Hall–Kier alpha value is -0.0800. The zero-order valence-electron chi connectivity index (χ0n) is 12.6. The maximum atomic E-state index is 12.7. The zero-order chi connectivity index (χ0) is 15.3. The molecule has 120 valence electrons. The molecule has 1 atom stereocenters. The Balaban J connectivity index is 2.12. The van der Waals surface area contributed by atoms with Gasteiger partial charge in [0.05, 0.1) is 0 Å². The summed E-state index contributed by atoms with van der Waals surface area (Å²) in [5.74, 6) is 2.02. The number of thiophene rings is 1. The van der Waals surface area contributed by atoms with Crippen molar-refractivity contribution >= 4 is 33.1 Å². The lowest BCUT2D eigenvalue weighted by Gasteiger charge is -2.22. The molecule has 1 aliphatic heterocycles. The zero-order valence-corrected chi connectivity index (χ0v) is 15.1. The van der Waals surface area contributed by atoms with Crippen molar-refractivity contribution < 1.29 is 8.42 Å². The van der Waals surface area contributed by atoms with Gasteiger partial charge >= 0.3 is 0 Å². The second-order valence-electron chi connectivity index (χ2n) is 5.38. The molecule has 1 saturated heterocycles. The molecular weight excluding hydrogens is 324 g/mol. The number of nitrogens with one attached hydrogen (secondary N) is 2. The monoisotopic (exact) mass is 348 g/mol. The minimum Gasteiger partial charge on any atom is -0.312 e. The Labute approximate surface area is 136 Å². The number of thioether (sulfide) groups is 1. The topological polar surface area (TPSA) is 58.2 Å². The summed E-state index contributed by atoms with van der Waals surface area (Å²) in [4.78, 5) is 1.41. The Morgan fingerprint density at radius 3 is 2.90 bits per heavy atom. The van der Waals surface area contributed by atoms with Crippen molar-refractivity contribution in [3.63, 3.8) is 0 Å². The Bertz CT molecular complexity index is 549. The van der Waals surface area contributed by atoms with Crippen molar-refractivity contribution in [1.82, 2.24) is 10.0 Å². The maximum absolute atomic E-state index is 12.7. The highest BCUT2D eigenvalue weighted by Gasteiger charge is 2.26. The van der Waals surface area contributed by atoms with Gasteiger partial charge in [-0.3, -0.25) is 0 Å². The van der Waals surface area contributed by atoms with Gasteiger partial charge in [-0.25, -0.2) is 13.1 Å². The van der Waals surface area contributed by atoms with E-state index >= 15 is 0 Å². The van der Waals surface area contributed by atoms with Crippen molar-refractivity contribution in [2.75, 3.05) is 18.1 Å². The Morgan fingerprint density at radius 2 is 2.24 bits per heavy atom. The second-order valence-corrected chi connectivity index (χ2v) is 9.15. The molecule has 0 amide bonds. The minimum absolute atomic E-state index is 0.0736. The molecule has 1 fully saturated rings. The molecule has 7 heteroatoms. The van der Waals surface area contributed by atoms with E-state index in [0.29, 0.717) is 11.4 Å². The lowest BCUT2D eigenvalue weighted by atomic mass is 10.2. The molecule has 1 aromatic rings. The molecule has 1 aliphatic rings. The SMILES string of the molecule is CCCNCc1scc(C)c1S(=O)(=O)NC1CCCSC1. The fraction of sp³-hybridized carbons (Fsp3) is 0.714. The van der Waals surface area contributed by atoms with Crippen molar-refractivity contribution in [3.05, 3.63) is 15.8 Å². The van der Waals surface area contributed by atoms with Crippen molar-refractivity contribution in [2.45, 2.75) is 50.6 Å². The molecule has 0 saturated carbocycles. The van der Waals surface area contributed by atoms with Crippen LogP contribution in [-0.4, -0.2) is 32.5 Å². The lowest BCUT2D eigenvalue weighted by molar-refractivity contribution is 0.541. The van der Waals surface area contributed by atoms with Crippen molar-refractivity contribution in [1.29, 1.82) is 0 Å². The molecule has 1 unspecified atom stereocenters. The minimum atomic E-state index is -3.41. The molecule has 0 aliphatic carbocycles. The van der Waals surface area contributed by atoms with Crippen LogP contribution in [0.3, 0.4) is 0 Å². The molecular formula is C14H24N2O2S3. The largest absolute Gasteiger partial charge is 0.312 e. The summed E-state index contributed by atoms with van der Waals surface area (Å²) in [5.41, 5.74) is 0.851. The highest BCUT2D eigenvalue weighted by atomic mass is 32.2. The first-order valence-corrected chi connectivity index (χ1v) is 10.9. The molecule has 2 rings (SSSR count). The summed E-state index contributed by atoms with van der Waals surface area (Å²) < 4.78 is 28.3. The quantitative estimate of drug-likeness (QED) is 0.744. The van der Waals surface area contributed by atoms with Gasteiger partial charge in [-0.2, -0.15) is 11.8 Å². The van der Waals surface area contributed by atoms with Crippen LogP contribution < -0.4 is 10.0 Å². The van der Waals surface area contributed by atoms with Gasteiger partial charge in [-0.1, -0.05) is 6.92 Å². The smallest absolute Gasteiger partial charge is 0.242 e. The van der Waals surface area contributed by atoms with E-state index < -0.39 is 10.0 Å². The molecule has 2 N–H and O–H groups in total. The normalized spacial score (nSPS) is 19.8. The molecule has 0 radical (unpaired) electrons.